The van der Waals surface area contributed by atoms with Gasteiger partial charge in [0.15, 0.2) is 0 Å². The van der Waals surface area contributed by atoms with Crippen LogP contribution in [0.15, 0.2) is 22.7 Å². The van der Waals surface area contributed by atoms with E-state index in [4.69, 9.17) is 0 Å². The molecule has 1 aliphatic carbocycles. The van der Waals surface area contributed by atoms with E-state index < -0.39 is 0 Å². The minimum absolute atomic E-state index is 0.146. The van der Waals surface area contributed by atoms with Gasteiger partial charge in [0.05, 0.1) is 7.11 Å². The van der Waals surface area contributed by atoms with Crippen LogP contribution in [-0.4, -0.2) is 43.8 Å². The van der Waals surface area contributed by atoms with Gasteiger partial charge in [-0.2, -0.15) is 0 Å². The van der Waals surface area contributed by atoms with Gasteiger partial charge in [-0.3, -0.25) is 0 Å². The summed E-state index contributed by atoms with van der Waals surface area (Å²) in [5.74, 6) is 1.28. The fourth-order valence-electron chi connectivity index (χ4n) is 4.61. The molecule has 1 N–H and O–H groups in total. The van der Waals surface area contributed by atoms with Gasteiger partial charge < -0.3 is 15.0 Å². The number of likely N-dealkylation sites (tertiary alicyclic amines) is 1. The average Bonchev–Trinajstić information content (AvgIpc) is 2.71. The van der Waals surface area contributed by atoms with Crippen molar-refractivity contribution >= 4 is 22.0 Å². The lowest BCUT2D eigenvalue weighted by atomic mass is 9.83. The van der Waals surface area contributed by atoms with E-state index >= 15 is 0 Å². The Morgan fingerprint density at radius 1 is 1.18 bits per heavy atom. The smallest absolute Gasteiger partial charge is 0.407 e. The molecule has 1 heterocycles. The zero-order chi connectivity index (χ0) is 19.9. The van der Waals surface area contributed by atoms with Crippen LogP contribution >= 0.6 is 15.9 Å². The summed E-state index contributed by atoms with van der Waals surface area (Å²) in [4.78, 5) is 13.9. The maximum atomic E-state index is 13.5. The summed E-state index contributed by atoms with van der Waals surface area (Å²) in [5, 5.41) is 2.93. The molecule has 1 aromatic rings. The first kappa shape index (κ1) is 21.6. The van der Waals surface area contributed by atoms with E-state index in [9.17, 15) is 9.18 Å². The molecule has 0 unspecified atom stereocenters. The second kappa shape index (κ2) is 10.6. The van der Waals surface area contributed by atoms with Gasteiger partial charge in [0.25, 0.3) is 0 Å². The number of nitrogens with zero attached hydrogens (tertiary/aromatic N) is 1. The number of nitrogens with one attached hydrogen (secondary N) is 1. The van der Waals surface area contributed by atoms with Crippen molar-refractivity contribution in [1.29, 1.82) is 0 Å². The molecule has 4 nitrogen and oxygen atoms in total. The molecule has 1 aliphatic heterocycles. The van der Waals surface area contributed by atoms with Crippen molar-refractivity contribution in [3.8, 4) is 0 Å². The van der Waals surface area contributed by atoms with Crippen molar-refractivity contribution in [2.24, 2.45) is 11.8 Å². The highest BCUT2D eigenvalue weighted by Gasteiger charge is 2.25. The summed E-state index contributed by atoms with van der Waals surface area (Å²) in [7, 11) is 1.42. The summed E-state index contributed by atoms with van der Waals surface area (Å²) >= 11 is 3.55. The number of methoxy groups -OCH3 is 1. The molecule has 0 bridgehead atoms. The average molecular weight is 455 g/mol. The van der Waals surface area contributed by atoms with E-state index in [1.807, 2.05) is 6.07 Å². The number of carbonyl (C=O) groups is 1. The van der Waals surface area contributed by atoms with E-state index in [1.54, 1.807) is 6.07 Å². The summed E-state index contributed by atoms with van der Waals surface area (Å²) < 4.78 is 19.2. The van der Waals surface area contributed by atoms with Crippen LogP contribution in [0.1, 0.15) is 50.5 Å². The van der Waals surface area contributed by atoms with Crippen LogP contribution in [0.3, 0.4) is 0 Å². The van der Waals surface area contributed by atoms with Crippen LogP contribution in [0, 0.1) is 17.7 Å². The van der Waals surface area contributed by atoms with Crippen molar-refractivity contribution < 1.29 is 13.9 Å². The summed E-state index contributed by atoms with van der Waals surface area (Å²) in [6.45, 7) is 3.48. The molecule has 28 heavy (non-hydrogen) atoms. The summed E-state index contributed by atoms with van der Waals surface area (Å²) in [6, 6.07) is 5.27. The van der Waals surface area contributed by atoms with E-state index in [1.165, 1.54) is 51.8 Å². The second-order valence-corrected chi connectivity index (χ2v) is 9.22. The predicted molar refractivity (Wildman–Crippen MR) is 113 cm³/mol. The van der Waals surface area contributed by atoms with Gasteiger partial charge in [0.2, 0.25) is 0 Å². The number of amides is 1. The quantitative estimate of drug-likeness (QED) is 0.646. The second-order valence-electron chi connectivity index (χ2n) is 8.37. The van der Waals surface area contributed by atoms with Gasteiger partial charge in [-0.15, -0.1) is 0 Å². The van der Waals surface area contributed by atoms with E-state index in [0.717, 1.165) is 48.3 Å². The number of piperidine rings is 1. The van der Waals surface area contributed by atoms with Crippen LogP contribution in [0.4, 0.5) is 9.18 Å². The molecule has 0 aromatic heterocycles. The van der Waals surface area contributed by atoms with Crippen LogP contribution in [0.2, 0.25) is 0 Å². The first-order valence-corrected chi connectivity index (χ1v) is 11.3. The SMILES string of the molecule is COC(=O)N[C@H]1CC[C@H](CCN2CCC(Cc3cc(F)ccc3Br)CC2)CC1. The maximum Gasteiger partial charge on any atom is 0.407 e. The lowest BCUT2D eigenvalue weighted by Crippen LogP contribution is -2.39. The molecular formula is C22H32BrFN2O2. The topological polar surface area (TPSA) is 41.6 Å². The molecule has 6 heteroatoms. The Morgan fingerprint density at radius 2 is 1.89 bits per heavy atom. The molecule has 0 atom stereocenters. The van der Waals surface area contributed by atoms with Crippen molar-refractivity contribution in [1.82, 2.24) is 10.2 Å². The molecule has 1 aromatic carbocycles. The lowest BCUT2D eigenvalue weighted by molar-refractivity contribution is 0.152. The number of halogens is 2. The van der Waals surface area contributed by atoms with Gasteiger partial charge in [-0.05, 0) is 107 Å². The van der Waals surface area contributed by atoms with E-state index in [2.05, 4.69) is 30.9 Å². The number of ether oxygens (including phenoxy) is 1. The van der Waals surface area contributed by atoms with Crippen molar-refractivity contribution in [2.45, 2.75) is 57.4 Å². The lowest BCUT2D eigenvalue weighted by Gasteiger charge is -2.34. The monoisotopic (exact) mass is 454 g/mol. The van der Waals surface area contributed by atoms with Crippen LogP contribution < -0.4 is 5.32 Å². The van der Waals surface area contributed by atoms with Crippen molar-refractivity contribution in [3.05, 3.63) is 34.1 Å². The third-order valence-corrected chi connectivity index (χ3v) is 7.20. The number of carbonyl (C=O) groups excluding carboxylic acids is 1. The summed E-state index contributed by atoms with van der Waals surface area (Å²) in [6.07, 6.45) is 8.80. The Morgan fingerprint density at radius 3 is 2.57 bits per heavy atom. The standard InChI is InChI=1S/C22H32BrFN2O2/c1-28-22(27)25-20-5-2-16(3-6-20)8-11-26-12-9-17(10-13-26)14-18-15-19(24)4-7-21(18)23/h4,7,15-17,20H,2-3,5-6,8-14H2,1H3,(H,25,27)/t16-,20-. The third-order valence-electron chi connectivity index (χ3n) is 6.43. The third kappa shape index (κ3) is 6.45. The fourth-order valence-corrected chi connectivity index (χ4v) is 5.02. The predicted octanol–water partition coefficient (Wildman–Crippen LogP) is 5.15. The van der Waals surface area contributed by atoms with E-state index in [-0.39, 0.29) is 18.0 Å². The van der Waals surface area contributed by atoms with Crippen molar-refractivity contribution in [2.75, 3.05) is 26.7 Å². The Labute approximate surface area is 176 Å². The number of alkyl carbamates (subject to hydrolysis) is 1. The number of benzene rings is 1. The maximum absolute atomic E-state index is 13.5. The largest absolute Gasteiger partial charge is 0.453 e. The zero-order valence-corrected chi connectivity index (χ0v) is 18.3. The minimum atomic E-state index is -0.309. The van der Waals surface area contributed by atoms with Gasteiger partial charge in [-0.25, -0.2) is 9.18 Å². The van der Waals surface area contributed by atoms with Gasteiger partial charge >= 0.3 is 6.09 Å². The molecular weight excluding hydrogens is 423 g/mol. The van der Waals surface area contributed by atoms with Gasteiger partial charge in [-0.1, -0.05) is 15.9 Å². The van der Waals surface area contributed by atoms with Gasteiger partial charge in [0, 0.05) is 10.5 Å². The minimum Gasteiger partial charge on any atom is -0.453 e. The van der Waals surface area contributed by atoms with E-state index in [0.29, 0.717) is 5.92 Å². The molecule has 3 rings (SSSR count). The molecule has 2 aliphatic rings. The number of hydrogen-bond donors (Lipinski definition) is 1. The Bertz CT molecular complexity index is 641. The van der Waals surface area contributed by atoms with Crippen molar-refractivity contribution in [3.63, 3.8) is 0 Å². The summed E-state index contributed by atoms with van der Waals surface area (Å²) in [5.41, 5.74) is 1.09. The zero-order valence-electron chi connectivity index (χ0n) is 16.8. The molecule has 1 saturated carbocycles. The molecule has 0 radical (unpaired) electrons. The number of rotatable bonds is 6. The van der Waals surface area contributed by atoms with Crippen LogP contribution in [-0.2, 0) is 11.2 Å². The highest BCUT2D eigenvalue weighted by molar-refractivity contribution is 9.10. The Hall–Kier alpha value is -1.14. The molecule has 2 fully saturated rings. The highest BCUT2D eigenvalue weighted by atomic mass is 79.9. The Balaban J connectivity index is 1.33. The first-order chi connectivity index (χ1) is 13.5. The van der Waals surface area contributed by atoms with Gasteiger partial charge in [0.1, 0.15) is 5.82 Å². The fraction of sp³-hybridized carbons (Fsp3) is 0.682. The molecule has 1 amide bonds. The van der Waals surface area contributed by atoms with Crippen LogP contribution in [0.5, 0.6) is 0 Å². The number of hydrogen-bond acceptors (Lipinski definition) is 3. The molecule has 1 saturated heterocycles. The first-order valence-electron chi connectivity index (χ1n) is 10.5. The normalized spacial score (nSPS) is 24.1. The van der Waals surface area contributed by atoms with Crippen LogP contribution in [0.25, 0.3) is 0 Å². The molecule has 156 valence electrons. The molecule has 0 spiro atoms. The Kier molecular flexibility index (Phi) is 8.15. The highest BCUT2D eigenvalue weighted by Crippen LogP contribution is 2.29.